The lowest BCUT2D eigenvalue weighted by molar-refractivity contribution is 0.0948. The van der Waals surface area contributed by atoms with Crippen LogP contribution in [-0.2, 0) is 6.54 Å². The molecule has 1 saturated carbocycles. The fourth-order valence-electron chi connectivity index (χ4n) is 2.22. The van der Waals surface area contributed by atoms with E-state index in [9.17, 15) is 14.4 Å². The Hall–Kier alpha value is -2.55. The van der Waals surface area contributed by atoms with E-state index in [0.717, 1.165) is 19.3 Å². The van der Waals surface area contributed by atoms with E-state index >= 15 is 0 Å². The molecule has 0 unspecified atom stereocenters. The molecule has 0 radical (unpaired) electrons. The number of thiazole rings is 1. The van der Waals surface area contributed by atoms with Gasteiger partial charge in [0.05, 0.1) is 6.54 Å². The van der Waals surface area contributed by atoms with E-state index < -0.39 is 17.4 Å². The smallest absolute Gasteiger partial charge is 0.268 e. The van der Waals surface area contributed by atoms with E-state index in [0.29, 0.717) is 16.7 Å². The number of hydrogen-bond donors (Lipinski definition) is 3. The molecule has 9 heteroatoms. The molecule has 0 aromatic carbocycles. The van der Waals surface area contributed by atoms with Crippen LogP contribution < -0.4 is 16.6 Å². The minimum Gasteiger partial charge on any atom is -0.364 e. The van der Waals surface area contributed by atoms with Gasteiger partial charge in [0.1, 0.15) is 22.1 Å². The van der Waals surface area contributed by atoms with Crippen LogP contribution in [0, 0.1) is 0 Å². The van der Waals surface area contributed by atoms with Gasteiger partial charge in [0.15, 0.2) is 0 Å². The van der Waals surface area contributed by atoms with Gasteiger partial charge in [-0.1, -0.05) is 6.42 Å². The molecule has 2 aromatic heterocycles. The first-order valence-corrected chi connectivity index (χ1v) is 8.04. The SMILES string of the molecule is NC(=O)c1csc(CNC(=O)c2cnc(C3CCC3)[nH]c2=O)n1. The van der Waals surface area contributed by atoms with E-state index in [2.05, 4.69) is 20.3 Å². The molecule has 0 saturated heterocycles. The highest BCUT2D eigenvalue weighted by molar-refractivity contribution is 7.09. The van der Waals surface area contributed by atoms with E-state index in [1.165, 1.54) is 22.9 Å². The molecule has 23 heavy (non-hydrogen) atoms. The van der Waals surface area contributed by atoms with Crippen molar-refractivity contribution in [2.45, 2.75) is 31.7 Å². The van der Waals surface area contributed by atoms with Crippen LogP contribution in [0.3, 0.4) is 0 Å². The van der Waals surface area contributed by atoms with Crippen molar-refractivity contribution in [1.29, 1.82) is 0 Å². The Labute approximate surface area is 135 Å². The number of nitrogens with two attached hydrogens (primary N) is 1. The summed E-state index contributed by atoms with van der Waals surface area (Å²) < 4.78 is 0. The molecule has 0 aliphatic heterocycles. The lowest BCUT2D eigenvalue weighted by Gasteiger charge is -2.23. The van der Waals surface area contributed by atoms with Gasteiger partial charge in [-0.05, 0) is 12.8 Å². The molecule has 2 aromatic rings. The number of H-pyrrole nitrogens is 1. The van der Waals surface area contributed by atoms with Crippen molar-refractivity contribution in [3.63, 3.8) is 0 Å². The molecule has 0 atom stereocenters. The third-order valence-electron chi connectivity index (χ3n) is 3.76. The topological polar surface area (TPSA) is 131 Å². The Morgan fingerprint density at radius 1 is 1.43 bits per heavy atom. The summed E-state index contributed by atoms with van der Waals surface area (Å²) in [4.78, 5) is 45.8. The van der Waals surface area contributed by atoms with Gasteiger partial charge in [-0.25, -0.2) is 9.97 Å². The average molecular weight is 333 g/mol. The Balaban J connectivity index is 1.65. The van der Waals surface area contributed by atoms with Crippen molar-refractivity contribution in [2.75, 3.05) is 0 Å². The fourth-order valence-corrected chi connectivity index (χ4v) is 2.94. The van der Waals surface area contributed by atoms with Crippen LogP contribution in [0.5, 0.6) is 0 Å². The summed E-state index contributed by atoms with van der Waals surface area (Å²) in [6.45, 7) is 0.112. The highest BCUT2D eigenvalue weighted by Gasteiger charge is 2.23. The van der Waals surface area contributed by atoms with Crippen LogP contribution in [0.1, 0.15) is 56.9 Å². The van der Waals surface area contributed by atoms with Crippen molar-refractivity contribution in [1.82, 2.24) is 20.3 Å². The number of carbonyl (C=O) groups is 2. The summed E-state index contributed by atoms with van der Waals surface area (Å²) in [5.74, 6) is -0.216. The Bertz CT molecular complexity index is 809. The van der Waals surface area contributed by atoms with E-state index in [-0.39, 0.29) is 17.8 Å². The number of primary amides is 1. The van der Waals surface area contributed by atoms with Gasteiger partial charge < -0.3 is 16.0 Å². The molecular weight excluding hydrogens is 318 g/mol. The first-order valence-electron chi connectivity index (χ1n) is 7.16. The van der Waals surface area contributed by atoms with E-state index in [1.54, 1.807) is 0 Å². The van der Waals surface area contributed by atoms with Crippen LogP contribution >= 0.6 is 11.3 Å². The zero-order valence-corrected chi connectivity index (χ0v) is 13.0. The first kappa shape index (κ1) is 15.3. The van der Waals surface area contributed by atoms with Crippen molar-refractivity contribution in [3.05, 3.63) is 44.0 Å². The number of aromatic nitrogens is 3. The monoisotopic (exact) mass is 333 g/mol. The summed E-state index contributed by atoms with van der Waals surface area (Å²) in [5.41, 5.74) is 4.78. The van der Waals surface area contributed by atoms with Crippen LogP contribution in [0.4, 0.5) is 0 Å². The third kappa shape index (κ3) is 3.29. The molecule has 8 nitrogen and oxygen atoms in total. The second-order valence-electron chi connectivity index (χ2n) is 5.31. The third-order valence-corrected chi connectivity index (χ3v) is 4.61. The summed E-state index contributed by atoms with van der Waals surface area (Å²) in [6, 6.07) is 0. The average Bonchev–Trinajstić information content (AvgIpc) is 2.92. The molecule has 120 valence electrons. The lowest BCUT2D eigenvalue weighted by atomic mass is 9.85. The molecule has 4 N–H and O–H groups in total. The van der Waals surface area contributed by atoms with Crippen molar-refractivity contribution < 1.29 is 9.59 Å². The summed E-state index contributed by atoms with van der Waals surface area (Å²) in [5, 5.41) is 4.63. The molecular formula is C14H15N5O3S. The van der Waals surface area contributed by atoms with Gasteiger partial charge in [-0.3, -0.25) is 14.4 Å². The van der Waals surface area contributed by atoms with Crippen LogP contribution in [0.2, 0.25) is 0 Å². The maximum absolute atomic E-state index is 12.1. The predicted octanol–water partition coefficient (Wildman–Crippen LogP) is 0.523. The number of nitrogens with zero attached hydrogens (tertiary/aromatic N) is 2. The van der Waals surface area contributed by atoms with Crippen LogP contribution in [0.15, 0.2) is 16.4 Å². The van der Waals surface area contributed by atoms with E-state index in [4.69, 9.17) is 5.73 Å². The molecule has 3 rings (SSSR count). The highest BCUT2D eigenvalue weighted by atomic mass is 32.1. The second kappa shape index (κ2) is 6.29. The van der Waals surface area contributed by atoms with Gasteiger partial charge in [-0.2, -0.15) is 0 Å². The predicted molar refractivity (Wildman–Crippen MR) is 83.3 cm³/mol. The molecule has 1 aliphatic rings. The summed E-state index contributed by atoms with van der Waals surface area (Å²) in [6.07, 6.45) is 4.47. The molecule has 2 heterocycles. The lowest BCUT2D eigenvalue weighted by Crippen LogP contribution is -2.31. The summed E-state index contributed by atoms with van der Waals surface area (Å²) in [7, 11) is 0. The minimum absolute atomic E-state index is 0.0419. The van der Waals surface area contributed by atoms with Crippen LogP contribution in [0.25, 0.3) is 0 Å². The number of nitrogens with one attached hydrogen (secondary N) is 2. The van der Waals surface area contributed by atoms with Gasteiger partial charge in [0, 0.05) is 17.5 Å². The van der Waals surface area contributed by atoms with Crippen molar-refractivity contribution in [2.24, 2.45) is 5.73 Å². The van der Waals surface area contributed by atoms with Crippen molar-refractivity contribution in [3.8, 4) is 0 Å². The van der Waals surface area contributed by atoms with Gasteiger partial charge in [-0.15, -0.1) is 11.3 Å². The minimum atomic E-state index is -0.619. The number of hydrogen-bond acceptors (Lipinski definition) is 6. The normalized spacial score (nSPS) is 14.3. The van der Waals surface area contributed by atoms with Gasteiger partial charge in [0.25, 0.3) is 17.4 Å². The molecule has 0 spiro atoms. The highest BCUT2D eigenvalue weighted by Crippen LogP contribution is 2.33. The first-order chi connectivity index (χ1) is 11.0. The zero-order valence-electron chi connectivity index (χ0n) is 12.2. The van der Waals surface area contributed by atoms with E-state index in [1.807, 2.05) is 0 Å². The molecule has 1 aliphatic carbocycles. The van der Waals surface area contributed by atoms with Gasteiger partial charge in [0.2, 0.25) is 0 Å². The maximum atomic E-state index is 12.1. The fraction of sp³-hybridized carbons (Fsp3) is 0.357. The zero-order chi connectivity index (χ0) is 16.4. The number of amides is 2. The summed E-state index contributed by atoms with van der Waals surface area (Å²) >= 11 is 1.21. The Morgan fingerprint density at radius 3 is 2.78 bits per heavy atom. The van der Waals surface area contributed by atoms with Gasteiger partial charge >= 0.3 is 0 Å². The molecule has 1 fully saturated rings. The van der Waals surface area contributed by atoms with Crippen molar-refractivity contribution >= 4 is 23.2 Å². The largest absolute Gasteiger partial charge is 0.364 e. The molecule has 2 amide bonds. The number of rotatable bonds is 5. The standard InChI is InChI=1S/C14H15N5O3S/c15-11(20)9-6-23-10(18-9)5-17-13(21)8-4-16-12(19-14(8)22)7-2-1-3-7/h4,6-7H,1-3,5H2,(H2,15,20)(H,17,21)(H,16,19,22). The molecule has 0 bridgehead atoms. The van der Waals surface area contributed by atoms with Crippen LogP contribution in [-0.4, -0.2) is 26.8 Å². The maximum Gasteiger partial charge on any atom is 0.268 e. The number of carbonyl (C=O) groups excluding carboxylic acids is 2. The quantitative estimate of drug-likeness (QED) is 0.734. The Morgan fingerprint density at radius 2 is 2.22 bits per heavy atom. The number of aromatic amines is 1. The second-order valence-corrected chi connectivity index (χ2v) is 6.26. The Kier molecular flexibility index (Phi) is 4.20.